The molecule has 1 saturated heterocycles. The number of rotatable bonds is 2. The molecule has 1 aliphatic rings. The quantitative estimate of drug-likeness (QED) is 0.916. The first kappa shape index (κ1) is 15.7. The Hall–Kier alpha value is -2.15. The number of anilines is 1. The minimum atomic E-state index is -0.478. The van der Waals surface area contributed by atoms with Gasteiger partial charge in [0.2, 0.25) is 0 Å². The van der Waals surface area contributed by atoms with Crippen LogP contribution in [0.25, 0.3) is 0 Å². The summed E-state index contributed by atoms with van der Waals surface area (Å²) < 4.78 is 15.2. The van der Waals surface area contributed by atoms with E-state index < -0.39 is 5.82 Å². The molecule has 0 saturated carbocycles. The Labute approximate surface area is 138 Å². The summed E-state index contributed by atoms with van der Waals surface area (Å²) in [7, 11) is 1.92. The standard InChI is InChI=1S/C15H17ClFN5O/c1-21-9-18-20-14(21)10-2-4-22(5-3-10)15(23)19-13-7-11(16)6-12(17)8-13/h6-10H,2-5H2,1H3,(H,19,23). The zero-order valence-electron chi connectivity index (χ0n) is 12.7. The van der Waals surface area contributed by atoms with Gasteiger partial charge in [0.15, 0.2) is 0 Å². The molecular formula is C15H17ClFN5O. The summed E-state index contributed by atoms with van der Waals surface area (Å²) >= 11 is 5.79. The monoisotopic (exact) mass is 337 g/mol. The molecule has 2 heterocycles. The number of nitrogens with zero attached hydrogens (tertiary/aromatic N) is 4. The van der Waals surface area contributed by atoms with Crippen molar-refractivity contribution < 1.29 is 9.18 Å². The molecule has 0 radical (unpaired) electrons. The second-order valence-corrected chi connectivity index (χ2v) is 6.09. The Morgan fingerprint density at radius 3 is 2.70 bits per heavy atom. The molecule has 0 aliphatic carbocycles. The van der Waals surface area contributed by atoms with Gasteiger partial charge in [-0.25, -0.2) is 9.18 Å². The van der Waals surface area contributed by atoms with Gasteiger partial charge < -0.3 is 14.8 Å². The van der Waals surface area contributed by atoms with Crippen molar-refractivity contribution in [1.82, 2.24) is 19.7 Å². The molecule has 1 aromatic heterocycles. The smallest absolute Gasteiger partial charge is 0.321 e. The molecule has 0 spiro atoms. The molecule has 1 fully saturated rings. The molecule has 122 valence electrons. The third-order valence-electron chi connectivity index (χ3n) is 4.01. The fourth-order valence-corrected chi connectivity index (χ4v) is 3.05. The van der Waals surface area contributed by atoms with Crippen LogP contribution in [0.5, 0.6) is 0 Å². The van der Waals surface area contributed by atoms with Crippen LogP contribution in [0.1, 0.15) is 24.6 Å². The summed E-state index contributed by atoms with van der Waals surface area (Å²) in [5.74, 6) is 0.769. The van der Waals surface area contributed by atoms with E-state index in [-0.39, 0.29) is 11.1 Å². The highest BCUT2D eigenvalue weighted by atomic mass is 35.5. The van der Waals surface area contributed by atoms with Gasteiger partial charge >= 0.3 is 6.03 Å². The first-order valence-corrected chi connectivity index (χ1v) is 7.76. The van der Waals surface area contributed by atoms with E-state index in [2.05, 4.69) is 15.5 Å². The van der Waals surface area contributed by atoms with Gasteiger partial charge in [0.05, 0.1) is 0 Å². The predicted molar refractivity (Wildman–Crippen MR) is 85.0 cm³/mol. The summed E-state index contributed by atoms with van der Waals surface area (Å²) in [4.78, 5) is 14.0. The van der Waals surface area contributed by atoms with Gasteiger partial charge in [0.1, 0.15) is 18.0 Å². The normalized spacial score (nSPS) is 15.7. The summed E-state index contributed by atoms with van der Waals surface area (Å²) in [5, 5.41) is 11.0. The van der Waals surface area contributed by atoms with Crippen LogP contribution < -0.4 is 5.32 Å². The predicted octanol–water partition coefficient (Wildman–Crippen LogP) is 3.02. The summed E-state index contributed by atoms with van der Waals surface area (Å²) in [6.45, 7) is 1.23. The Morgan fingerprint density at radius 2 is 2.09 bits per heavy atom. The third-order valence-corrected chi connectivity index (χ3v) is 4.23. The van der Waals surface area contributed by atoms with E-state index in [1.807, 2.05) is 11.6 Å². The van der Waals surface area contributed by atoms with E-state index in [4.69, 9.17) is 11.6 Å². The number of urea groups is 1. The molecule has 6 nitrogen and oxygen atoms in total. The van der Waals surface area contributed by atoms with E-state index in [1.165, 1.54) is 18.2 Å². The Balaban J connectivity index is 1.59. The van der Waals surface area contributed by atoms with Crippen molar-refractivity contribution in [3.05, 3.63) is 41.2 Å². The van der Waals surface area contributed by atoms with E-state index >= 15 is 0 Å². The Morgan fingerprint density at radius 1 is 1.35 bits per heavy atom. The fourth-order valence-electron chi connectivity index (χ4n) is 2.83. The SMILES string of the molecule is Cn1cnnc1C1CCN(C(=O)Nc2cc(F)cc(Cl)c2)CC1. The van der Waals surface area contributed by atoms with Gasteiger partial charge in [-0.1, -0.05) is 11.6 Å². The van der Waals surface area contributed by atoms with Crippen LogP contribution in [-0.2, 0) is 7.05 Å². The van der Waals surface area contributed by atoms with E-state index in [9.17, 15) is 9.18 Å². The molecule has 1 aliphatic heterocycles. The summed E-state index contributed by atoms with van der Waals surface area (Å²) in [6, 6.07) is 3.72. The molecule has 1 N–H and O–H groups in total. The van der Waals surface area contributed by atoms with Gasteiger partial charge in [-0.05, 0) is 31.0 Å². The number of amides is 2. The Bertz CT molecular complexity index is 691. The number of likely N-dealkylation sites (tertiary alicyclic amines) is 1. The zero-order valence-corrected chi connectivity index (χ0v) is 13.4. The second-order valence-electron chi connectivity index (χ2n) is 5.65. The van der Waals surface area contributed by atoms with Crippen molar-refractivity contribution in [2.24, 2.45) is 7.05 Å². The first-order chi connectivity index (χ1) is 11.0. The molecule has 0 unspecified atom stereocenters. The lowest BCUT2D eigenvalue weighted by molar-refractivity contribution is 0.193. The molecular weight excluding hydrogens is 321 g/mol. The molecule has 23 heavy (non-hydrogen) atoms. The number of aromatic nitrogens is 3. The number of piperidine rings is 1. The highest BCUT2D eigenvalue weighted by Gasteiger charge is 2.26. The third kappa shape index (κ3) is 3.61. The average molecular weight is 338 g/mol. The van der Waals surface area contributed by atoms with E-state index in [1.54, 1.807) is 11.2 Å². The number of nitrogens with one attached hydrogen (secondary N) is 1. The van der Waals surface area contributed by atoms with Crippen LogP contribution >= 0.6 is 11.6 Å². The van der Waals surface area contributed by atoms with Crippen molar-refractivity contribution in [3.8, 4) is 0 Å². The molecule has 0 atom stereocenters. The number of hydrogen-bond acceptors (Lipinski definition) is 3. The number of carbonyl (C=O) groups excluding carboxylic acids is 1. The van der Waals surface area contributed by atoms with Crippen LogP contribution in [0.4, 0.5) is 14.9 Å². The number of hydrogen-bond donors (Lipinski definition) is 1. The van der Waals surface area contributed by atoms with Crippen molar-refractivity contribution in [2.45, 2.75) is 18.8 Å². The molecule has 3 rings (SSSR count). The number of aryl methyl sites for hydroxylation is 1. The van der Waals surface area contributed by atoms with Crippen molar-refractivity contribution >= 4 is 23.3 Å². The van der Waals surface area contributed by atoms with Crippen LogP contribution in [0.3, 0.4) is 0 Å². The van der Waals surface area contributed by atoms with Crippen LogP contribution in [0.2, 0.25) is 5.02 Å². The molecule has 1 aromatic carbocycles. The van der Waals surface area contributed by atoms with Gasteiger partial charge in [-0.2, -0.15) is 0 Å². The topological polar surface area (TPSA) is 63.1 Å². The largest absolute Gasteiger partial charge is 0.324 e. The lowest BCUT2D eigenvalue weighted by Gasteiger charge is -2.31. The summed E-state index contributed by atoms with van der Waals surface area (Å²) in [6.07, 6.45) is 3.33. The zero-order chi connectivity index (χ0) is 16.4. The van der Waals surface area contributed by atoms with Gasteiger partial charge in [-0.15, -0.1) is 10.2 Å². The van der Waals surface area contributed by atoms with Gasteiger partial charge in [-0.3, -0.25) is 0 Å². The molecule has 2 aromatic rings. The maximum Gasteiger partial charge on any atom is 0.321 e. The second kappa shape index (κ2) is 6.54. The number of halogens is 2. The highest BCUT2D eigenvalue weighted by molar-refractivity contribution is 6.30. The number of benzene rings is 1. The minimum Gasteiger partial charge on any atom is -0.324 e. The van der Waals surface area contributed by atoms with Crippen molar-refractivity contribution in [1.29, 1.82) is 0 Å². The Kier molecular flexibility index (Phi) is 4.47. The van der Waals surface area contributed by atoms with Crippen LogP contribution in [0.15, 0.2) is 24.5 Å². The van der Waals surface area contributed by atoms with Gasteiger partial charge in [0, 0.05) is 36.8 Å². The average Bonchev–Trinajstić information content (AvgIpc) is 2.92. The van der Waals surface area contributed by atoms with Gasteiger partial charge in [0.25, 0.3) is 0 Å². The maximum atomic E-state index is 13.3. The van der Waals surface area contributed by atoms with Crippen molar-refractivity contribution in [3.63, 3.8) is 0 Å². The van der Waals surface area contributed by atoms with E-state index in [0.717, 1.165) is 18.7 Å². The first-order valence-electron chi connectivity index (χ1n) is 7.39. The molecule has 2 amide bonds. The van der Waals surface area contributed by atoms with E-state index in [0.29, 0.717) is 24.7 Å². The highest BCUT2D eigenvalue weighted by Crippen LogP contribution is 2.26. The minimum absolute atomic E-state index is 0.247. The van der Waals surface area contributed by atoms with Crippen molar-refractivity contribution in [2.75, 3.05) is 18.4 Å². The fraction of sp³-hybridized carbons (Fsp3) is 0.400. The lowest BCUT2D eigenvalue weighted by atomic mass is 9.96. The lowest BCUT2D eigenvalue weighted by Crippen LogP contribution is -2.40. The maximum absolute atomic E-state index is 13.3. The molecule has 8 heteroatoms. The van der Waals surface area contributed by atoms with Crippen LogP contribution in [0, 0.1) is 5.82 Å². The van der Waals surface area contributed by atoms with Crippen LogP contribution in [-0.4, -0.2) is 38.8 Å². The molecule has 0 bridgehead atoms. The summed E-state index contributed by atoms with van der Waals surface area (Å²) in [5.41, 5.74) is 0.357. The number of carbonyl (C=O) groups is 1.